The van der Waals surface area contributed by atoms with Gasteiger partial charge in [0.15, 0.2) is 17.9 Å². The van der Waals surface area contributed by atoms with Crippen molar-refractivity contribution in [2.24, 2.45) is 0 Å². The van der Waals surface area contributed by atoms with Gasteiger partial charge < -0.3 is 4.42 Å². The highest BCUT2D eigenvalue weighted by Crippen LogP contribution is 2.35. The van der Waals surface area contributed by atoms with E-state index in [1.807, 2.05) is 25.8 Å². The summed E-state index contributed by atoms with van der Waals surface area (Å²) in [5, 5.41) is 0. The number of carbonyl (C=O) groups is 1. The summed E-state index contributed by atoms with van der Waals surface area (Å²) in [6.45, 7) is 4.55. The minimum atomic E-state index is -0.611. The van der Waals surface area contributed by atoms with Crippen molar-refractivity contribution in [2.45, 2.75) is 25.8 Å². The number of rotatable bonds is 1. The monoisotopic (exact) mass is 194 g/mol. The molecule has 4 nitrogen and oxygen atoms in total. The fourth-order valence-corrected chi connectivity index (χ4v) is 2.02. The molecule has 0 N–H and O–H groups in total. The second-order valence-corrected chi connectivity index (χ2v) is 3.93. The first kappa shape index (κ1) is 9.40. The van der Waals surface area contributed by atoms with Crippen LogP contribution in [-0.4, -0.2) is 29.3 Å². The van der Waals surface area contributed by atoms with Gasteiger partial charge in [0.2, 0.25) is 0 Å². The van der Waals surface area contributed by atoms with E-state index in [1.165, 1.54) is 6.39 Å². The van der Waals surface area contributed by atoms with Crippen LogP contribution in [0.1, 0.15) is 24.8 Å². The molecule has 4 heteroatoms. The molecule has 1 aromatic rings. The first-order valence-electron chi connectivity index (χ1n) is 4.72. The highest BCUT2D eigenvalue weighted by atomic mass is 16.3. The molecule has 76 valence electrons. The zero-order valence-corrected chi connectivity index (χ0v) is 8.70. The zero-order valence-electron chi connectivity index (χ0n) is 8.70. The summed E-state index contributed by atoms with van der Waals surface area (Å²) >= 11 is 0. The Morgan fingerprint density at radius 2 is 2.36 bits per heavy atom. The Morgan fingerprint density at radius 1 is 1.64 bits per heavy atom. The lowest BCUT2D eigenvalue weighted by molar-refractivity contribution is -0.125. The molecule has 1 aromatic heterocycles. The van der Waals surface area contributed by atoms with Crippen LogP contribution in [0.3, 0.4) is 0 Å². The second-order valence-electron chi connectivity index (χ2n) is 3.93. The summed E-state index contributed by atoms with van der Waals surface area (Å²) < 4.78 is 5.32. The Balaban J connectivity index is 2.50. The molecule has 0 aromatic carbocycles. The molecule has 0 bridgehead atoms. The zero-order chi connectivity index (χ0) is 10.3. The standard InChI is InChI=1S/C10H14N2O2/c1-7-9(14-6-11-7)10(2)8(13)4-5-12(10)3/h6H,4-5H2,1-3H3. The second kappa shape index (κ2) is 2.92. The number of likely N-dealkylation sites (tertiary alicyclic amines) is 1. The van der Waals surface area contributed by atoms with E-state index >= 15 is 0 Å². The van der Waals surface area contributed by atoms with Crippen LogP contribution in [0.15, 0.2) is 10.8 Å². The molecule has 0 radical (unpaired) electrons. The molecular weight excluding hydrogens is 180 g/mol. The van der Waals surface area contributed by atoms with Crippen LogP contribution in [0.5, 0.6) is 0 Å². The minimum absolute atomic E-state index is 0.208. The Morgan fingerprint density at radius 3 is 2.79 bits per heavy atom. The third kappa shape index (κ3) is 1.04. The van der Waals surface area contributed by atoms with Gasteiger partial charge in [-0.3, -0.25) is 9.69 Å². The SMILES string of the molecule is Cc1ncoc1C1(C)C(=O)CCN1C. The van der Waals surface area contributed by atoms with Crippen LogP contribution in [-0.2, 0) is 10.3 Å². The van der Waals surface area contributed by atoms with Gasteiger partial charge in [-0.05, 0) is 20.9 Å². The smallest absolute Gasteiger partial charge is 0.181 e. The van der Waals surface area contributed by atoms with E-state index < -0.39 is 5.54 Å². The first-order valence-corrected chi connectivity index (χ1v) is 4.72. The largest absolute Gasteiger partial charge is 0.446 e. The lowest BCUT2D eigenvalue weighted by atomic mass is 9.93. The minimum Gasteiger partial charge on any atom is -0.446 e. The molecule has 2 heterocycles. The van der Waals surface area contributed by atoms with E-state index in [1.54, 1.807) is 0 Å². The average molecular weight is 194 g/mol. The molecule has 1 aliphatic rings. The van der Waals surface area contributed by atoms with Crippen LogP contribution >= 0.6 is 0 Å². The van der Waals surface area contributed by atoms with Gasteiger partial charge in [0.1, 0.15) is 5.54 Å². The third-order valence-corrected chi connectivity index (χ3v) is 3.17. The first-order chi connectivity index (χ1) is 6.56. The van der Waals surface area contributed by atoms with E-state index in [9.17, 15) is 4.79 Å². The quantitative estimate of drug-likeness (QED) is 0.671. The van der Waals surface area contributed by atoms with Crippen molar-refractivity contribution in [2.75, 3.05) is 13.6 Å². The van der Waals surface area contributed by atoms with Gasteiger partial charge in [-0.15, -0.1) is 0 Å². The molecule has 0 spiro atoms. The summed E-state index contributed by atoms with van der Waals surface area (Å²) in [5.74, 6) is 0.891. The van der Waals surface area contributed by atoms with Crippen LogP contribution in [0.4, 0.5) is 0 Å². The van der Waals surface area contributed by atoms with Crippen molar-refractivity contribution in [3.05, 3.63) is 17.8 Å². The van der Waals surface area contributed by atoms with Crippen molar-refractivity contribution >= 4 is 5.78 Å². The molecule has 0 saturated carbocycles. The van der Waals surface area contributed by atoms with E-state index in [0.717, 1.165) is 12.2 Å². The van der Waals surface area contributed by atoms with E-state index in [2.05, 4.69) is 4.98 Å². The molecular formula is C10H14N2O2. The fourth-order valence-electron chi connectivity index (χ4n) is 2.02. The maximum absolute atomic E-state index is 11.8. The molecule has 1 aliphatic heterocycles. The molecule has 2 rings (SSSR count). The Kier molecular flexibility index (Phi) is 1.96. The molecule has 1 fully saturated rings. The van der Waals surface area contributed by atoms with Crippen LogP contribution in [0, 0.1) is 6.92 Å². The number of carbonyl (C=O) groups excluding carboxylic acids is 1. The average Bonchev–Trinajstić information content (AvgIpc) is 2.67. The number of hydrogen-bond acceptors (Lipinski definition) is 4. The number of nitrogens with zero attached hydrogens (tertiary/aromatic N) is 2. The van der Waals surface area contributed by atoms with Gasteiger partial charge in [0.05, 0.1) is 5.69 Å². The van der Waals surface area contributed by atoms with Crippen molar-refractivity contribution < 1.29 is 9.21 Å². The number of oxazole rings is 1. The molecule has 1 saturated heterocycles. The molecule has 1 unspecified atom stereocenters. The number of ketones is 1. The van der Waals surface area contributed by atoms with Gasteiger partial charge in [-0.25, -0.2) is 4.98 Å². The summed E-state index contributed by atoms with van der Waals surface area (Å²) in [7, 11) is 1.94. The van der Waals surface area contributed by atoms with Crippen molar-refractivity contribution in [3.8, 4) is 0 Å². The molecule has 0 amide bonds. The molecule has 0 aliphatic carbocycles. The van der Waals surface area contributed by atoms with Crippen LogP contribution < -0.4 is 0 Å². The Bertz CT molecular complexity index is 372. The van der Waals surface area contributed by atoms with Gasteiger partial charge in [0, 0.05) is 13.0 Å². The maximum atomic E-state index is 11.8. The van der Waals surface area contributed by atoms with Gasteiger partial charge in [-0.1, -0.05) is 0 Å². The summed E-state index contributed by atoms with van der Waals surface area (Å²) in [6, 6.07) is 0. The van der Waals surface area contributed by atoms with Crippen LogP contribution in [0.25, 0.3) is 0 Å². The summed E-state index contributed by atoms with van der Waals surface area (Å²) in [6.07, 6.45) is 1.99. The predicted molar refractivity (Wildman–Crippen MR) is 50.8 cm³/mol. The number of aromatic nitrogens is 1. The molecule has 14 heavy (non-hydrogen) atoms. The Labute approximate surface area is 82.9 Å². The lowest BCUT2D eigenvalue weighted by Gasteiger charge is -2.28. The summed E-state index contributed by atoms with van der Waals surface area (Å²) in [4.78, 5) is 17.9. The van der Waals surface area contributed by atoms with Crippen LogP contribution in [0.2, 0.25) is 0 Å². The number of Topliss-reactive ketones (excluding diaryl/α,β-unsaturated/α-hetero) is 1. The van der Waals surface area contributed by atoms with Gasteiger partial charge >= 0.3 is 0 Å². The van der Waals surface area contributed by atoms with Gasteiger partial charge in [-0.2, -0.15) is 0 Å². The van der Waals surface area contributed by atoms with Gasteiger partial charge in [0.25, 0.3) is 0 Å². The highest BCUT2D eigenvalue weighted by Gasteiger charge is 2.47. The fraction of sp³-hybridized carbons (Fsp3) is 0.600. The normalized spacial score (nSPS) is 28.6. The van der Waals surface area contributed by atoms with E-state index in [-0.39, 0.29) is 5.78 Å². The molecule has 1 atom stereocenters. The number of hydrogen-bond donors (Lipinski definition) is 0. The maximum Gasteiger partial charge on any atom is 0.181 e. The number of likely N-dealkylation sites (N-methyl/N-ethyl adjacent to an activating group) is 1. The van der Waals surface area contributed by atoms with Crippen molar-refractivity contribution in [3.63, 3.8) is 0 Å². The summed E-state index contributed by atoms with van der Waals surface area (Å²) in [5.41, 5.74) is 0.190. The van der Waals surface area contributed by atoms with Crippen molar-refractivity contribution in [1.29, 1.82) is 0 Å². The topological polar surface area (TPSA) is 46.3 Å². The highest BCUT2D eigenvalue weighted by molar-refractivity contribution is 5.90. The predicted octanol–water partition coefficient (Wildman–Crippen LogP) is 1.10. The third-order valence-electron chi connectivity index (χ3n) is 3.17. The number of aryl methyl sites for hydroxylation is 1. The van der Waals surface area contributed by atoms with E-state index in [4.69, 9.17) is 4.42 Å². The van der Waals surface area contributed by atoms with E-state index in [0.29, 0.717) is 12.2 Å². The van der Waals surface area contributed by atoms with Crippen molar-refractivity contribution in [1.82, 2.24) is 9.88 Å². The Hall–Kier alpha value is -1.16. The lowest BCUT2D eigenvalue weighted by Crippen LogP contribution is -2.40.